The molecule has 0 aliphatic rings. The molecule has 0 spiro atoms. The Labute approximate surface area is 68.8 Å². The van der Waals surface area contributed by atoms with Crippen LogP contribution in [0.3, 0.4) is 0 Å². The van der Waals surface area contributed by atoms with Crippen LogP contribution >= 0.6 is 12.4 Å². The normalized spacial score (nSPS) is 16.2. The molecule has 0 saturated heterocycles. The Balaban J connectivity index is 0. The summed E-state index contributed by atoms with van der Waals surface area (Å²) in [6.45, 7) is -1.83. The molecule has 0 aliphatic heterocycles. The first-order valence-electron chi connectivity index (χ1n) is 3.60. The fourth-order valence-electron chi connectivity index (χ4n) is 0.362. The van der Waals surface area contributed by atoms with Gasteiger partial charge in [-0.3, -0.25) is 4.79 Å². The lowest BCUT2D eigenvalue weighted by Crippen LogP contribution is -2.30. The molecule has 0 saturated carbocycles. The lowest BCUT2D eigenvalue weighted by molar-refractivity contribution is -0.138. The number of nitrogens with two attached hydrogens (primary N) is 2. The maximum atomic E-state index is 10.1. The summed E-state index contributed by atoms with van der Waals surface area (Å²) in [5.41, 5.74) is 10.1. The van der Waals surface area contributed by atoms with E-state index < -0.39 is 18.5 Å². The minimum absolute atomic E-state index is 0. The molecular formula is C5H13ClN2O2. The summed E-state index contributed by atoms with van der Waals surface area (Å²) in [5, 5.41) is 8.29. The van der Waals surface area contributed by atoms with Gasteiger partial charge in [0.05, 0.1) is 0 Å². The fourth-order valence-corrected chi connectivity index (χ4v) is 0.362. The van der Waals surface area contributed by atoms with Crippen LogP contribution in [0.1, 0.15) is 15.6 Å². The number of aliphatic carboxylic acids is 1. The molecule has 0 heterocycles. The van der Waals surface area contributed by atoms with Crippen molar-refractivity contribution >= 4 is 18.4 Å². The van der Waals surface area contributed by atoms with Gasteiger partial charge >= 0.3 is 5.97 Å². The smallest absolute Gasteiger partial charge is 0.320 e. The molecule has 0 amide bonds. The van der Waals surface area contributed by atoms with Gasteiger partial charge in [0.15, 0.2) is 0 Å². The van der Waals surface area contributed by atoms with Crippen molar-refractivity contribution in [2.75, 3.05) is 6.50 Å². The lowest BCUT2D eigenvalue weighted by atomic mass is 10.2. The van der Waals surface area contributed by atoms with Crippen molar-refractivity contribution in [2.45, 2.75) is 18.9 Å². The van der Waals surface area contributed by atoms with E-state index in [4.69, 9.17) is 19.3 Å². The van der Waals surface area contributed by atoms with Crippen LogP contribution in [0.4, 0.5) is 0 Å². The Morgan fingerprint density at radius 2 is 2.30 bits per heavy atom. The standard InChI is InChI=1S/C5H12N2O2.ClH/c6-3-1-2-4(7)5(8)9;/h4H,1-3,6-7H2,(H,8,9);1H/t4-;/m0./s1/i3D2;. The highest BCUT2D eigenvalue weighted by Gasteiger charge is 2.08. The summed E-state index contributed by atoms with van der Waals surface area (Å²) < 4.78 is 13.7. The van der Waals surface area contributed by atoms with Crippen LogP contribution in [0.25, 0.3) is 0 Å². The van der Waals surface area contributed by atoms with Gasteiger partial charge < -0.3 is 16.6 Å². The van der Waals surface area contributed by atoms with Crippen molar-refractivity contribution in [1.82, 2.24) is 0 Å². The van der Waals surface area contributed by atoms with Crippen LogP contribution in [0.15, 0.2) is 0 Å². The van der Waals surface area contributed by atoms with Crippen LogP contribution in [-0.2, 0) is 4.79 Å². The molecule has 4 nitrogen and oxygen atoms in total. The molecule has 0 rings (SSSR count). The summed E-state index contributed by atoms with van der Waals surface area (Å²) in [4.78, 5) is 10.1. The van der Waals surface area contributed by atoms with E-state index in [-0.39, 0.29) is 25.2 Å². The van der Waals surface area contributed by atoms with Gasteiger partial charge in [-0.15, -0.1) is 12.4 Å². The van der Waals surface area contributed by atoms with Gasteiger partial charge in [-0.1, -0.05) is 0 Å². The largest absolute Gasteiger partial charge is 0.480 e. The third kappa shape index (κ3) is 5.81. The van der Waals surface area contributed by atoms with E-state index in [0.717, 1.165) is 0 Å². The Morgan fingerprint density at radius 1 is 1.80 bits per heavy atom. The predicted octanol–water partition coefficient (Wildman–Crippen LogP) is -0.441. The highest BCUT2D eigenvalue weighted by Crippen LogP contribution is 1.91. The molecule has 5 N–H and O–H groups in total. The van der Waals surface area contributed by atoms with E-state index in [2.05, 4.69) is 0 Å². The average molecular weight is 171 g/mol. The predicted molar refractivity (Wildman–Crippen MR) is 41.1 cm³/mol. The number of carbonyl (C=O) groups is 1. The van der Waals surface area contributed by atoms with Gasteiger partial charge in [-0.25, -0.2) is 0 Å². The summed E-state index contributed by atoms with van der Waals surface area (Å²) in [6.07, 6.45) is 0.0132. The first-order valence-corrected chi connectivity index (χ1v) is 2.60. The molecule has 0 aromatic heterocycles. The molecule has 0 bridgehead atoms. The van der Waals surface area contributed by atoms with Gasteiger partial charge in [-0.05, 0) is 19.3 Å². The van der Waals surface area contributed by atoms with E-state index in [9.17, 15) is 4.79 Å². The van der Waals surface area contributed by atoms with Crippen LogP contribution in [-0.4, -0.2) is 23.6 Å². The van der Waals surface area contributed by atoms with Crippen molar-refractivity contribution in [2.24, 2.45) is 11.5 Å². The highest BCUT2D eigenvalue weighted by atomic mass is 35.5. The number of carboxylic acid groups (broad SMARTS) is 1. The second kappa shape index (κ2) is 6.80. The van der Waals surface area contributed by atoms with Crippen molar-refractivity contribution in [3.05, 3.63) is 0 Å². The molecule has 0 aromatic carbocycles. The van der Waals surface area contributed by atoms with Crippen LogP contribution in [0, 0.1) is 0 Å². The van der Waals surface area contributed by atoms with Crippen molar-refractivity contribution in [3.8, 4) is 0 Å². The number of hydrogen-bond donors (Lipinski definition) is 3. The molecule has 0 aliphatic carbocycles. The van der Waals surface area contributed by atoms with Crippen LogP contribution < -0.4 is 11.5 Å². The van der Waals surface area contributed by atoms with E-state index in [0.29, 0.717) is 0 Å². The average Bonchev–Trinajstić information content (AvgIpc) is 1.80. The minimum Gasteiger partial charge on any atom is -0.480 e. The first kappa shape index (κ1) is 7.78. The van der Waals surface area contributed by atoms with Crippen LogP contribution in [0.2, 0.25) is 0 Å². The second-order valence-electron chi connectivity index (χ2n) is 1.69. The Hall–Kier alpha value is -0.320. The number of rotatable bonds is 4. The van der Waals surface area contributed by atoms with E-state index in [1.54, 1.807) is 0 Å². The van der Waals surface area contributed by atoms with Crippen molar-refractivity contribution in [1.29, 1.82) is 0 Å². The van der Waals surface area contributed by atoms with E-state index in [1.807, 2.05) is 0 Å². The number of carboxylic acids is 1. The maximum absolute atomic E-state index is 10.1. The van der Waals surface area contributed by atoms with Crippen LogP contribution in [0.5, 0.6) is 0 Å². The monoisotopic (exact) mass is 170 g/mol. The summed E-state index contributed by atoms with van der Waals surface area (Å²) in [5.74, 6) is -1.13. The first-order chi connectivity index (χ1) is 4.83. The van der Waals surface area contributed by atoms with Gasteiger partial charge in [-0.2, -0.15) is 0 Å². The molecule has 1 atom stereocenters. The molecule has 0 unspecified atom stereocenters. The summed E-state index contributed by atoms with van der Waals surface area (Å²) >= 11 is 0. The van der Waals surface area contributed by atoms with Gasteiger partial charge in [0, 0.05) is 2.74 Å². The molecule has 0 aromatic rings. The zero-order valence-corrected chi connectivity index (χ0v) is 6.23. The van der Waals surface area contributed by atoms with Crippen molar-refractivity contribution < 1.29 is 12.6 Å². The van der Waals surface area contributed by atoms with Crippen molar-refractivity contribution in [3.63, 3.8) is 0 Å². The van der Waals surface area contributed by atoms with E-state index in [1.165, 1.54) is 0 Å². The minimum atomic E-state index is -1.83. The number of hydrogen-bond acceptors (Lipinski definition) is 3. The summed E-state index contributed by atoms with van der Waals surface area (Å²) in [7, 11) is 0. The molecule has 5 heteroatoms. The Kier molecular flexibility index (Phi) is 5.29. The molecular weight excluding hydrogens is 156 g/mol. The third-order valence-corrected chi connectivity index (χ3v) is 0.917. The number of halogens is 1. The molecule has 10 heavy (non-hydrogen) atoms. The summed E-state index contributed by atoms with van der Waals surface area (Å²) in [6, 6.07) is -1.02. The van der Waals surface area contributed by atoms with Gasteiger partial charge in [0.2, 0.25) is 0 Å². The quantitative estimate of drug-likeness (QED) is 0.534. The lowest BCUT2D eigenvalue weighted by Gasteiger charge is -2.02. The maximum Gasteiger partial charge on any atom is 0.320 e. The SMILES string of the molecule is Cl.[2H]C([2H])(N)CC[C@H](N)C(=O)O. The van der Waals surface area contributed by atoms with Gasteiger partial charge in [0.25, 0.3) is 0 Å². The second-order valence-corrected chi connectivity index (χ2v) is 1.69. The molecule has 0 radical (unpaired) electrons. The fraction of sp³-hybridized carbons (Fsp3) is 0.800. The zero-order valence-electron chi connectivity index (χ0n) is 7.41. The highest BCUT2D eigenvalue weighted by molar-refractivity contribution is 5.85. The Bertz CT molecular complexity index is 151. The Morgan fingerprint density at radius 3 is 2.60 bits per heavy atom. The molecule has 62 valence electrons. The zero-order chi connectivity index (χ0) is 9.07. The molecule has 0 fully saturated rings. The topological polar surface area (TPSA) is 89.3 Å². The van der Waals surface area contributed by atoms with E-state index >= 15 is 0 Å². The van der Waals surface area contributed by atoms with Gasteiger partial charge in [0.1, 0.15) is 6.04 Å². The third-order valence-electron chi connectivity index (χ3n) is 0.917.